The summed E-state index contributed by atoms with van der Waals surface area (Å²) in [5, 5.41) is 0. The van der Waals surface area contributed by atoms with Gasteiger partial charge in [-0.2, -0.15) is 0 Å². The molecule has 0 N–H and O–H groups in total. The predicted molar refractivity (Wildman–Crippen MR) is 26.7 cm³/mol. The number of rotatable bonds is 1. The molecule has 0 aromatic rings. The zero-order valence-electron chi connectivity index (χ0n) is 3.56. The van der Waals surface area contributed by atoms with Crippen LogP contribution in [0.4, 0.5) is 0 Å². The SMILES string of the molecule is CC(C)[CH][S]. The number of hydrogen-bond acceptors (Lipinski definition) is 0. The molecular formula is C4H8S. The second-order valence-corrected chi connectivity index (χ2v) is 1.65. The van der Waals surface area contributed by atoms with Crippen LogP contribution in [0.5, 0.6) is 0 Å². The maximum absolute atomic E-state index is 4.55. The van der Waals surface area contributed by atoms with Crippen molar-refractivity contribution in [1.29, 1.82) is 0 Å². The van der Waals surface area contributed by atoms with Gasteiger partial charge in [0.05, 0.1) is 0 Å². The highest BCUT2D eigenvalue weighted by atomic mass is 32.1. The van der Waals surface area contributed by atoms with Gasteiger partial charge in [-0.1, -0.05) is 26.5 Å². The molecule has 0 aromatic heterocycles. The Labute approximate surface area is 39.0 Å². The second-order valence-electron chi connectivity index (χ2n) is 1.38. The van der Waals surface area contributed by atoms with Crippen molar-refractivity contribution in [2.24, 2.45) is 5.92 Å². The first-order valence-corrected chi connectivity index (χ1v) is 2.20. The monoisotopic (exact) mass is 88.0 g/mol. The van der Waals surface area contributed by atoms with Crippen molar-refractivity contribution in [3.63, 3.8) is 0 Å². The fraction of sp³-hybridized carbons (Fsp3) is 0.750. The van der Waals surface area contributed by atoms with Crippen LogP contribution < -0.4 is 0 Å². The van der Waals surface area contributed by atoms with Crippen molar-refractivity contribution < 1.29 is 0 Å². The predicted octanol–water partition coefficient (Wildman–Crippen LogP) is 2.00. The summed E-state index contributed by atoms with van der Waals surface area (Å²) in [7, 11) is 0. The average molecular weight is 88.2 g/mol. The Bertz CT molecular complexity index is 17.6. The van der Waals surface area contributed by atoms with E-state index >= 15 is 0 Å². The van der Waals surface area contributed by atoms with Crippen LogP contribution in [0.3, 0.4) is 0 Å². The molecule has 5 heavy (non-hydrogen) atoms. The Morgan fingerprint density at radius 2 is 1.80 bits per heavy atom. The molecular weight excluding hydrogens is 80.1 g/mol. The molecule has 0 saturated heterocycles. The summed E-state index contributed by atoms with van der Waals surface area (Å²) in [6.07, 6.45) is 0. The molecule has 30 valence electrons. The third-order valence-corrected chi connectivity index (χ3v) is 0.816. The molecule has 0 aliphatic carbocycles. The Morgan fingerprint density at radius 3 is 1.80 bits per heavy atom. The summed E-state index contributed by atoms with van der Waals surface area (Å²) in [5.74, 6) is 2.32. The van der Waals surface area contributed by atoms with Gasteiger partial charge in [-0.3, -0.25) is 0 Å². The van der Waals surface area contributed by atoms with Crippen molar-refractivity contribution >= 4 is 12.6 Å². The maximum atomic E-state index is 4.55. The van der Waals surface area contributed by atoms with E-state index in [0.717, 1.165) is 0 Å². The Hall–Kier alpha value is 0.350. The molecule has 0 heterocycles. The molecule has 0 spiro atoms. The van der Waals surface area contributed by atoms with Crippen LogP contribution in [-0.4, -0.2) is 0 Å². The summed E-state index contributed by atoms with van der Waals surface area (Å²) in [4.78, 5) is 0. The lowest BCUT2D eigenvalue weighted by molar-refractivity contribution is 0.813. The van der Waals surface area contributed by atoms with Gasteiger partial charge in [-0.15, -0.1) is 0 Å². The molecule has 0 rings (SSSR count). The zero-order chi connectivity index (χ0) is 4.28. The highest BCUT2D eigenvalue weighted by molar-refractivity contribution is 7.82. The summed E-state index contributed by atoms with van der Waals surface area (Å²) in [6, 6.07) is 0. The van der Waals surface area contributed by atoms with E-state index in [1.807, 2.05) is 0 Å². The van der Waals surface area contributed by atoms with Crippen molar-refractivity contribution in [1.82, 2.24) is 0 Å². The van der Waals surface area contributed by atoms with Gasteiger partial charge in [-0.05, 0) is 5.92 Å². The minimum absolute atomic E-state index is 0.574. The normalized spacial score (nSPS) is 9.60. The van der Waals surface area contributed by atoms with Gasteiger partial charge in [0.15, 0.2) is 0 Å². The summed E-state index contributed by atoms with van der Waals surface area (Å²) >= 11 is 4.55. The van der Waals surface area contributed by atoms with Crippen LogP contribution >= 0.6 is 12.6 Å². The topological polar surface area (TPSA) is 0 Å². The molecule has 0 nitrogen and oxygen atoms in total. The van der Waals surface area contributed by atoms with E-state index in [1.165, 1.54) is 0 Å². The maximum Gasteiger partial charge on any atom is 0.0304 e. The van der Waals surface area contributed by atoms with Crippen LogP contribution in [0.25, 0.3) is 0 Å². The molecule has 0 aliphatic rings. The van der Waals surface area contributed by atoms with E-state index in [2.05, 4.69) is 26.5 Å². The van der Waals surface area contributed by atoms with Crippen LogP contribution in [0, 0.1) is 11.7 Å². The smallest absolute Gasteiger partial charge is 0.0304 e. The van der Waals surface area contributed by atoms with Gasteiger partial charge in [0.1, 0.15) is 0 Å². The Morgan fingerprint density at radius 1 is 1.60 bits per heavy atom. The first-order valence-electron chi connectivity index (χ1n) is 1.72. The first-order chi connectivity index (χ1) is 2.27. The van der Waals surface area contributed by atoms with Crippen LogP contribution in [0.15, 0.2) is 0 Å². The molecule has 0 fully saturated rings. The lowest BCUT2D eigenvalue weighted by Gasteiger charge is -1.88. The molecule has 0 unspecified atom stereocenters. The standard InChI is InChI=1S/C4H8S/c1-4(2)3-5/h3-4H,1-2H3. The van der Waals surface area contributed by atoms with Crippen molar-refractivity contribution in [2.75, 3.05) is 0 Å². The highest BCUT2D eigenvalue weighted by Gasteiger charge is 1.82. The van der Waals surface area contributed by atoms with Crippen LogP contribution in [0.2, 0.25) is 0 Å². The fourth-order valence-corrected chi connectivity index (χ4v) is 0. The third-order valence-electron chi connectivity index (χ3n) is 0.272. The molecule has 2 radical (unpaired) electrons. The lowest BCUT2D eigenvalue weighted by atomic mass is 10.3. The van der Waals surface area contributed by atoms with E-state index in [1.54, 1.807) is 5.75 Å². The molecule has 0 aromatic carbocycles. The van der Waals surface area contributed by atoms with Gasteiger partial charge in [0.2, 0.25) is 0 Å². The van der Waals surface area contributed by atoms with Gasteiger partial charge in [0, 0.05) is 5.75 Å². The van der Waals surface area contributed by atoms with Gasteiger partial charge < -0.3 is 0 Å². The van der Waals surface area contributed by atoms with Gasteiger partial charge in [0.25, 0.3) is 0 Å². The summed E-state index contributed by atoms with van der Waals surface area (Å²) in [5.41, 5.74) is 0. The molecule has 0 atom stereocenters. The van der Waals surface area contributed by atoms with E-state index in [-0.39, 0.29) is 0 Å². The largest absolute Gasteiger partial charge is 0.0889 e. The molecule has 0 bridgehead atoms. The molecule has 0 saturated carbocycles. The van der Waals surface area contributed by atoms with Crippen molar-refractivity contribution in [3.05, 3.63) is 5.75 Å². The van der Waals surface area contributed by atoms with Crippen molar-refractivity contribution in [2.45, 2.75) is 13.8 Å². The van der Waals surface area contributed by atoms with Gasteiger partial charge >= 0.3 is 0 Å². The van der Waals surface area contributed by atoms with E-state index < -0.39 is 0 Å². The van der Waals surface area contributed by atoms with Crippen LogP contribution in [0.1, 0.15) is 13.8 Å². The quantitative estimate of drug-likeness (QED) is 0.460. The van der Waals surface area contributed by atoms with E-state index in [9.17, 15) is 0 Å². The Kier molecular flexibility index (Phi) is 2.76. The average Bonchev–Trinajstić information content (AvgIpc) is 1.38. The molecule has 0 aliphatic heterocycles. The van der Waals surface area contributed by atoms with Gasteiger partial charge in [-0.25, -0.2) is 0 Å². The minimum atomic E-state index is 0.574. The summed E-state index contributed by atoms with van der Waals surface area (Å²) < 4.78 is 0. The lowest BCUT2D eigenvalue weighted by Crippen LogP contribution is -1.76. The zero-order valence-corrected chi connectivity index (χ0v) is 4.38. The van der Waals surface area contributed by atoms with E-state index in [0.29, 0.717) is 5.92 Å². The third kappa shape index (κ3) is 4.35. The molecule has 0 amide bonds. The van der Waals surface area contributed by atoms with Crippen LogP contribution in [-0.2, 0) is 0 Å². The van der Waals surface area contributed by atoms with E-state index in [4.69, 9.17) is 0 Å². The molecule has 1 heteroatoms. The van der Waals surface area contributed by atoms with Crippen molar-refractivity contribution in [3.8, 4) is 0 Å². The number of hydrogen-bond donors (Lipinski definition) is 0. The Balaban J connectivity index is 2.54. The summed E-state index contributed by atoms with van der Waals surface area (Å²) in [6.45, 7) is 4.12. The highest BCUT2D eigenvalue weighted by Crippen LogP contribution is 1.97. The fourth-order valence-electron chi connectivity index (χ4n) is 0. The second kappa shape index (κ2) is 2.58. The first kappa shape index (κ1) is 5.35. The minimum Gasteiger partial charge on any atom is -0.0889 e.